The third-order valence-electron chi connectivity index (χ3n) is 11.8. The molecular weight excluding hydrogens is 704 g/mol. The number of aryl methyl sites for hydroxylation is 2. The van der Waals surface area contributed by atoms with E-state index in [0.717, 1.165) is 24.6 Å². The van der Waals surface area contributed by atoms with Crippen LogP contribution in [0.3, 0.4) is 0 Å². The Morgan fingerprint density at radius 3 is 0.830 bits per heavy atom. The van der Waals surface area contributed by atoms with Crippen molar-refractivity contribution in [3.8, 4) is 0 Å². The molecule has 0 aromatic heterocycles. The average Bonchev–Trinajstić information content (AvgIpc) is 3.19. The van der Waals surface area contributed by atoms with Crippen LogP contribution in [0, 0.1) is 0 Å². The van der Waals surface area contributed by atoms with Gasteiger partial charge >= 0.3 is 281 Å². The molecule has 0 saturated carbocycles. The maximum atomic E-state index is 2.35. The van der Waals surface area contributed by atoms with E-state index >= 15 is 0 Å². The monoisotopic (exact) mass is 795 g/mol. The van der Waals surface area contributed by atoms with E-state index in [1.54, 1.807) is 25.7 Å². The summed E-state index contributed by atoms with van der Waals surface area (Å²) >= 11 is 0.849. The molecule has 0 radical (unpaired) electrons. The minimum atomic E-state index is 0.849. The van der Waals surface area contributed by atoms with Crippen molar-refractivity contribution in [2.24, 2.45) is 0 Å². The van der Waals surface area contributed by atoms with E-state index in [0.29, 0.717) is 0 Å². The molecule has 2 rings (SSSR count). The summed E-state index contributed by atoms with van der Waals surface area (Å²) in [7, 11) is 0. The van der Waals surface area contributed by atoms with Crippen LogP contribution < -0.4 is 0 Å². The van der Waals surface area contributed by atoms with Crippen LogP contribution >= 0.6 is 0 Å². The third-order valence-corrected chi connectivity index (χ3v) is 15.4. The predicted octanol–water partition coefficient (Wildman–Crippen LogP) is 18.1. The average molecular weight is 794 g/mol. The normalized spacial score (nSPS) is 12.7. The van der Waals surface area contributed by atoms with Crippen molar-refractivity contribution in [2.75, 3.05) is 0 Å². The van der Waals surface area contributed by atoms with Crippen LogP contribution in [0.2, 0.25) is 9.63 Å². The van der Waals surface area contributed by atoms with Crippen molar-refractivity contribution in [1.82, 2.24) is 0 Å². The minimum Gasteiger partial charge on any atom is -0.0622 e. The number of hydrogen-bond donors (Lipinski definition) is 0. The van der Waals surface area contributed by atoms with Gasteiger partial charge in [-0.25, -0.2) is 0 Å². The van der Waals surface area contributed by atoms with Crippen LogP contribution in [0.15, 0.2) is 60.7 Å². The number of rotatable bonds is 40. The molecule has 304 valence electrons. The second-order valence-corrected chi connectivity index (χ2v) is 20.3. The van der Waals surface area contributed by atoms with Crippen LogP contribution in [-0.2, 0) is 12.8 Å². The Hall–Kier alpha value is -1.04. The van der Waals surface area contributed by atoms with E-state index in [1.165, 1.54) is 217 Å². The van der Waals surface area contributed by atoms with E-state index < -0.39 is 0 Å². The van der Waals surface area contributed by atoms with Crippen LogP contribution in [-0.4, -0.2) is 15.0 Å². The molecule has 0 saturated heterocycles. The van der Waals surface area contributed by atoms with Gasteiger partial charge in [-0.2, -0.15) is 0 Å². The molecule has 0 amide bonds. The molecule has 0 spiro atoms. The van der Waals surface area contributed by atoms with Crippen molar-refractivity contribution in [1.29, 1.82) is 0 Å². The molecule has 0 aliphatic rings. The fourth-order valence-electron chi connectivity index (χ4n) is 8.30. The second kappa shape index (κ2) is 37.9. The van der Waals surface area contributed by atoms with E-state index in [-0.39, 0.29) is 0 Å². The zero-order valence-corrected chi connectivity index (χ0v) is 37.5. The molecular formula is C52H90Se. The smallest absolute Gasteiger partial charge is 0.0622 e. The van der Waals surface area contributed by atoms with Gasteiger partial charge in [0.25, 0.3) is 0 Å². The first-order chi connectivity index (χ1) is 26.3. The first-order valence-corrected chi connectivity index (χ1v) is 26.0. The van der Waals surface area contributed by atoms with Gasteiger partial charge in [-0.15, -0.1) is 0 Å². The van der Waals surface area contributed by atoms with Gasteiger partial charge in [-0.3, -0.25) is 0 Å². The molecule has 0 fully saturated rings. The Morgan fingerprint density at radius 1 is 0.302 bits per heavy atom. The molecule has 53 heavy (non-hydrogen) atoms. The molecule has 1 heteroatoms. The molecule has 0 nitrogen and oxygen atoms in total. The summed E-state index contributed by atoms with van der Waals surface area (Å²) in [5.74, 6) is 0. The van der Waals surface area contributed by atoms with E-state index in [9.17, 15) is 0 Å². The molecule has 2 aromatic carbocycles. The van der Waals surface area contributed by atoms with Gasteiger partial charge < -0.3 is 0 Å². The fourth-order valence-corrected chi connectivity index (χ4v) is 12.0. The Kier molecular flexibility index (Phi) is 34.4. The second-order valence-electron chi connectivity index (χ2n) is 16.9. The SMILES string of the molecule is CCCCCCCCCC(CCCCCCCCCCc1ccccc1)[Se]C(CCCCCCCCC)CCCCCCCCCCc1ccccc1. The van der Waals surface area contributed by atoms with Crippen molar-refractivity contribution in [3.63, 3.8) is 0 Å². The van der Waals surface area contributed by atoms with Gasteiger partial charge in [0.1, 0.15) is 0 Å². The van der Waals surface area contributed by atoms with E-state index in [2.05, 4.69) is 74.5 Å². The molecule has 2 unspecified atom stereocenters. The third kappa shape index (κ3) is 30.8. The van der Waals surface area contributed by atoms with Gasteiger partial charge in [0, 0.05) is 0 Å². The summed E-state index contributed by atoms with van der Waals surface area (Å²) in [6.45, 7) is 4.69. The van der Waals surface area contributed by atoms with E-state index in [4.69, 9.17) is 0 Å². The van der Waals surface area contributed by atoms with Crippen molar-refractivity contribution in [3.05, 3.63) is 71.8 Å². The van der Waals surface area contributed by atoms with Gasteiger partial charge in [-0.1, -0.05) is 60.7 Å². The topological polar surface area (TPSA) is 0 Å². The molecule has 0 aliphatic carbocycles. The molecule has 2 atom stereocenters. The maximum absolute atomic E-state index is 2.35. The van der Waals surface area contributed by atoms with Crippen molar-refractivity contribution in [2.45, 2.75) is 255 Å². The zero-order chi connectivity index (χ0) is 37.5. The summed E-state index contributed by atoms with van der Waals surface area (Å²) in [5.41, 5.74) is 3.03. The van der Waals surface area contributed by atoms with Gasteiger partial charge in [-0.05, 0) is 0 Å². The van der Waals surface area contributed by atoms with Crippen molar-refractivity contribution < 1.29 is 0 Å². The van der Waals surface area contributed by atoms with Crippen LogP contribution in [0.4, 0.5) is 0 Å². The number of hydrogen-bond acceptors (Lipinski definition) is 0. The zero-order valence-electron chi connectivity index (χ0n) is 35.8. The summed E-state index contributed by atoms with van der Waals surface area (Å²) < 4.78 is 0. The fraction of sp³-hybridized carbons (Fsp3) is 0.769. The van der Waals surface area contributed by atoms with Gasteiger partial charge in [0.15, 0.2) is 0 Å². The quantitative estimate of drug-likeness (QED) is 0.0466. The standard InChI is InChI=1S/C52H90Se/c1-3-5-7-9-15-23-35-45-51(47-37-25-19-13-11-17-21-29-39-49-41-31-27-32-42-49)53-52(46-36-24-16-10-8-6-4-2)48-38-26-20-14-12-18-22-30-40-50-43-33-28-34-44-50/h27-28,31-34,41-44,51-52H,3-26,29-30,35-40,45-48H2,1-2H3. The van der Waals surface area contributed by atoms with Crippen LogP contribution in [0.25, 0.3) is 0 Å². The van der Waals surface area contributed by atoms with Crippen molar-refractivity contribution >= 4 is 15.0 Å². The molecule has 0 aliphatic heterocycles. The first kappa shape index (κ1) is 48.1. The predicted molar refractivity (Wildman–Crippen MR) is 242 cm³/mol. The summed E-state index contributed by atoms with van der Waals surface area (Å²) in [4.78, 5) is 2.11. The van der Waals surface area contributed by atoms with Crippen LogP contribution in [0.5, 0.6) is 0 Å². The molecule has 0 bridgehead atoms. The summed E-state index contributed by atoms with van der Waals surface area (Å²) in [5, 5.41) is 0. The Morgan fingerprint density at radius 2 is 0.547 bits per heavy atom. The Bertz CT molecular complexity index is 890. The molecule has 0 N–H and O–H groups in total. The first-order valence-electron chi connectivity index (χ1n) is 24.0. The summed E-state index contributed by atoms with van der Waals surface area (Å²) in [6, 6.07) is 22.2. The number of unbranched alkanes of at least 4 members (excludes halogenated alkanes) is 26. The summed E-state index contributed by atoms with van der Waals surface area (Å²) in [6.07, 6.45) is 52.4. The molecule has 0 heterocycles. The van der Waals surface area contributed by atoms with Crippen LogP contribution in [0.1, 0.15) is 243 Å². The number of benzene rings is 2. The van der Waals surface area contributed by atoms with Gasteiger partial charge in [0.05, 0.1) is 0 Å². The molecule has 2 aromatic rings. The Balaban J connectivity index is 1.70. The minimum absolute atomic E-state index is 0.849. The van der Waals surface area contributed by atoms with E-state index in [1.807, 2.05) is 0 Å². The van der Waals surface area contributed by atoms with Gasteiger partial charge in [0.2, 0.25) is 0 Å². The Labute approximate surface area is 339 Å².